The van der Waals surface area contributed by atoms with Crippen molar-refractivity contribution in [2.45, 2.75) is 63.1 Å². The van der Waals surface area contributed by atoms with Gasteiger partial charge in [-0.05, 0) is 50.2 Å². The molecule has 0 aromatic heterocycles. The van der Waals surface area contributed by atoms with Gasteiger partial charge in [-0.15, -0.1) is 0 Å². The predicted molar refractivity (Wildman–Crippen MR) is 87.9 cm³/mol. The summed E-state index contributed by atoms with van der Waals surface area (Å²) >= 11 is 0. The van der Waals surface area contributed by atoms with E-state index in [1.54, 1.807) is 0 Å². The summed E-state index contributed by atoms with van der Waals surface area (Å²) in [5, 5.41) is 3.21. The molecule has 3 fully saturated rings. The van der Waals surface area contributed by atoms with Crippen molar-refractivity contribution in [3.8, 4) is 0 Å². The lowest BCUT2D eigenvalue weighted by Crippen LogP contribution is -2.54. The highest BCUT2D eigenvalue weighted by Gasteiger charge is 2.51. The van der Waals surface area contributed by atoms with Gasteiger partial charge in [0.1, 0.15) is 6.04 Å². The van der Waals surface area contributed by atoms with E-state index in [0.717, 1.165) is 32.1 Å². The molecule has 3 aliphatic rings. The second-order valence-corrected chi connectivity index (χ2v) is 7.24. The van der Waals surface area contributed by atoms with Crippen LogP contribution in [0.15, 0.2) is 30.3 Å². The summed E-state index contributed by atoms with van der Waals surface area (Å²) in [6, 6.07) is 9.67. The van der Waals surface area contributed by atoms with Crippen molar-refractivity contribution < 1.29 is 9.59 Å². The Morgan fingerprint density at radius 2 is 1.74 bits per heavy atom. The number of likely N-dealkylation sites (tertiary alicyclic amines) is 1. The van der Waals surface area contributed by atoms with Gasteiger partial charge in [-0.2, -0.15) is 0 Å². The lowest BCUT2D eigenvalue weighted by Gasteiger charge is -2.35. The molecule has 4 heteroatoms. The molecule has 4 nitrogen and oxygen atoms in total. The molecule has 4 rings (SSSR count). The predicted octanol–water partition coefficient (Wildman–Crippen LogP) is 2.74. The summed E-state index contributed by atoms with van der Waals surface area (Å²) in [5.41, 5.74) is 0.693. The molecule has 122 valence electrons. The first kappa shape index (κ1) is 14.7. The Morgan fingerprint density at radius 1 is 1.00 bits per heavy atom. The van der Waals surface area contributed by atoms with Gasteiger partial charge >= 0.3 is 0 Å². The zero-order chi connectivity index (χ0) is 15.8. The number of carbonyl (C=O) groups is 2. The highest BCUT2D eigenvalue weighted by Crippen LogP contribution is 2.43. The molecule has 0 spiro atoms. The van der Waals surface area contributed by atoms with Crippen molar-refractivity contribution in [3.05, 3.63) is 35.9 Å². The standard InChI is InChI=1S/C19H24N2O2/c22-18(20-15-8-4-5-9-15)17-14-10-11-16(12-14)21(17)19(23)13-6-2-1-3-7-13/h1-3,6-7,14-17H,4-5,8-12H2,(H,20,22)/t14-,16-,17-/m0/s1. The van der Waals surface area contributed by atoms with E-state index >= 15 is 0 Å². The summed E-state index contributed by atoms with van der Waals surface area (Å²) in [7, 11) is 0. The van der Waals surface area contributed by atoms with Gasteiger partial charge in [-0.3, -0.25) is 9.59 Å². The minimum absolute atomic E-state index is 0.0179. The molecule has 1 N–H and O–H groups in total. The van der Waals surface area contributed by atoms with Crippen LogP contribution in [0.1, 0.15) is 55.3 Å². The molecule has 0 radical (unpaired) electrons. The molecule has 1 saturated heterocycles. The third-order valence-corrected chi connectivity index (χ3v) is 5.81. The van der Waals surface area contributed by atoms with Crippen molar-refractivity contribution in [2.24, 2.45) is 5.92 Å². The maximum Gasteiger partial charge on any atom is 0.254 e. The highest BCUT2D eigenvalue weighted by atomic mass is 16.2. The molecule has 0 unspecified atom stereocenters. The SMILES string of the molecule is O=C(NC1CCCC1)[C@@H]1[C@H]2CC[C@@H](C2)N1C(=O)c1ccccc1. The summed E-state index contributed by atoms with van der Waals surface area (Å²) in [4.78, 5) is 27.6. The van der Waals surface area contributed by atoms with Crippen LogP contribution < -0.4 is 5.32 Å². The molecule has 1 aromatic rings. The molecule has 2 amide bonds. The van der Waals surface area contributed by atoms with Crippen molar-refractivity contribution in [1.29, 1.82) is 0 Å². The van der Waals surface area contributed by atoms with E-state index < -0.39 is 0 Å². The number of nitrogens with one attached hydrogen (secondary N) is 1. The molecule has 3 atom stereocenters. The van der Waals surface area contributed by atoms with Gasteiger partial charge in [0.15, 0.2) is 0 Å². The number of carbonyl (C=O) groups excluding carboxylic acids is 2. The van der Waals surface area contributed by atoms with Gasteiger partial charge in [0, 0.05) is 17.6 Å². The van der Waals surface area contributed by atoms with E-state index in [9.17, 15) is 9.59 Å². The van der Waals surface area contributed by atoms with Crippen LogP contribution in [0.3, 0.4) is 0 Å². The molecule has 2 aliphatic carbocycles. The lowest BCUT2D eigenvalue weighted by atomic mass is 9.96. The monoisotopic (exact) mass is 312 g/mol. The van der Waals surface area contributed by atoms with E-state index in [1.807, 2.05) is 35.2 Å². The van der Waals surface area contributed by atoms with Crippen LogP contribution in [0.4, 0.5) is 0 Å². The first-order valence-electron chi connectivity index (χ1n) is 8.92. The van der Waals surface area contributed by atoms with E-state index in [2.05, 4.69) is 5.32 Å². The summed E-state index contributed by atoms with van der Waals surface area (Å²) in [5.74, 6) is 0.437. The van der Waals surface area contributed by atoms with Crippen LogP contribution in [-0.4, -0.2) is 34.8 Å². The zero-order valence-corrected chi connectivity index (χ0v) is 13.4. The van der Waals surface area contributed by atoms with Crippen molar-refractivity contribution in [2.75, 3.05) is 0 Å². The molecule has 1 aliphatic heterocycles. The van der Waals surface area contributed by atoms with Crippen molar-refractivity contribution in [3.63, 3.8) is 0 Å². The molecule has 1 aromatic carbocycles. The number of hydrogen-bond donors (Lipinski definition) is 1. The van der Waals surface area contributed by atoms with E-state index in [0.29, 0.717) is 17.5 Å². The Labute approximate surface area is 137 Å². The molecule has 23 heavy (non-hydrogen) atoms. The Morgan fingerprint density at radius 3 is 2.48 bits per heavy atom. The fraction of sp³-hybridized carbons (Fsp3) is 0.579. The van der Waals surface area contributed by atoms with E-state index in [4.69, 9.17) is 0 Å². The van der Waals surface area contributed by atoms with Crippen LogP contribution in [-0.2, 0) is 4.79 Å². The summed E-state index contributed by atoms with van der Waals surface area (Å²) in [6.07, 6.45) is 7.67. The highest BCUT2D eigenvalue weighted by molar-refractivity contribution is 5.98. The Kier molecular flexibility index (Phi) is 3.83. The van der Waals surface area contributed by atoms with Gasteiger partial charge in [0.2, 0.25) is 5.91 Å². The number of piperidine rings is 1. The van der Waals surface area contributed by atoms with Crippen LogP contribution in [0.25, 0.3) is 0 Å². The first-order chi connectivity index (χ1) is 11.2. The molecule has 2 saturated carbocycles. The van der Waals surface area contributed by atoms with Crippen molar-refractivity contribution >= 4 is 11.8 Å². The number of rotatable bonds is 3. The average Bonchev–Trinajstić information content (AvgIpc) is 3.31. The fourth-order valence-corrected chi connectivity index (χ4v) is 4.70. The van der Waals surface area contributed by atoms with Crippen molar-refractivity contribution in [1.82, 2.24) is 10.2 Å². The van der Waals surface area contributed by atoms with Gasteiger partial charge in [0.05, 0.1) is 0 Å². The quantitative estimate of drug-likeness (QED) is 0.933. The van der Waals surface area contributed by atoms with Crippen LogP contribution in [0.2, 0.25) is 0 Å². The Balaban J connectivity index is 1.54. The molecule has 1 heterocycles. The normalized spacial score (nSPS) is 29.9. The lowest BCUT2D eigenvalue weighted by molar-refractivity contribution is -0.127. The summed E-state index contributed by atoms with van der Waals surface area (Å²) in [6.45, 7) is 0. The molecular weight excluding hydrogens is 288 g/mol. The number of amides is 2. The molecular formula is C19H24N2O2. The summed E-state index contributed by atoms with van der Waals surface area (Å²) < 4.78 is 0. The number of nitrogens with zero attached hydrogens (tertiary/aromatic N) is 1. The minimum Gasteiger partial charge on any atom is -0.352 e. The second-order valence-electron chi connectivity index (χ2n) is 7.24. The second kappa shape index (κ2) is 5.99. The van der Waals surface area contributed by atoms with Gasteiger partial charge in [0.25, 0.3) is 5.91 Å². The molecule has 2 bridgehead atoms. The number of hydrogen-bond acceptors (Lipinski definition) is 2. The van der Waals surface area contributed by atoms with Gasteiger partial charge in [-0.25, -0.2) is 0 Å². The van der Waals surface area contributed by atoms with Gasteiger partial charge < -0.3 is 10.2 Å². The van der Waals surface area contributed by atoms with Gasteiger partial charge in [-0.1, -0.05) is 31.0 Å². The van der Waals surface area contributed by atoms with E-state index in [1.165, 1.54) is 12.8 Å². The average molecular weight is 312 g/mol. The van der Waals surface area contributed by atoms with Crippen LogP contribution in [0, 0.1) is 5.92 Å². The van der Waals surface area contributed by atoms with Crippen LogP contribution in [0.5, 0.6) is 0 Å². The largest absolute Gasteiger partial charge is 0.352 e. The minimum atomic E-state index is -0.262. The maximum absolute atomic E-state index is 12.9. The van der Waals surface area contributed by atoms with E-state index in [-0.39, 0.29) is 23.9 Å². The zero-order valence-electron chi connectivity index (χ0n) is 13.4. The van der Waals surface area contributed by atoms with Crippen LogP contribution >= 0.6 is 0 Å². The topological polar surface area (TPSA) is 49.4 Å². The third kappa shape index (κ3) is 2.64. The third-order valence-electron chi connectivity index (χ3n) is 5.81. The number of benzene rings is 1. The number of fused-ring (bicyclic) bond motifs is 2. The smallest absolute Gasteiger partial charge is 0.254 e. The Hall–Kier alpha value is -1.84. The fourth-order valence-electron chi connectivity index (χ4n) is 4.70. The maximum atomic E-state index is 12.9. The first-order valence-corrected chi connectivity index (χ1v) is 8.92. The Bertz CT molecular complexity index is 595.